The molecule has 0 saturated carbocycles. The van der Waals surface area contributed by atoms with E-state index < -0.39 is 0 Å². The Morgan fingerprint density at radius 1 is 1.30 bits per heavy atom. The summed E-state index contributed by atoms with van der Waals surface area (Å²) in [5, 5.41) is 21.6. The van der Waals surface area contributed by atoms with Crippen LogP contribution in [0.4, 0.5) is 0 Å². The summed E-state index contributed by atoms with van der Waals surface area (Å²) in [5.74, 6) is 0.381. The van der Waals surface area contributed by atoms with Gasteiger partial charge < -0.3 is 10.1 Å². The van der Waals surface area contributed by atoms with Crippen LogP contribution in [0.2, 0.25) is 0 Å². The quantitative estimate of drug-likeness (QED) is 0.597. The lowest BCUT2D eigenvalue weighted by atomic mass is 9.93. The highest BCUT2D eigenvalue weighted by molar-refractivity contribution is 5.94. The van der Waals surface area contributed by atoms with Crippen molar-refractivity contribution in [2.45, 2.75) is 32.9 Å². The van der Waals surface area contributed by atoms with Crippen LogP contribution >= 0.6 is 0 Å². The zero-order valence-corrected chi connectivity index (χ0v) is 18.7. The van der Waals surface area contributed by atoms with Gasteiger partial charge in [0.05, 0.1) is 23.0 Å². The lowest BCUT2D eigenvalue weighted by Gasteiger charge is -2.34. The van der Waals surface area contributed by atoms with Gasteiger partial charge in [0.2, 0.25) is 0 Å². The molecule has 1 fully saturated rings. The van der Waals surface area contributed by atoms with Crippen LogP contribution in [-0.2, 0) is 17.8 Å². The third-order valence-electron chi connectivity index (χ3n) is 6.49. The van der Waals surface area contributed by atoms with E-state index in [9.17, 15) is 4.79 Å². The number of carbonyl (C=O) groups excluding carboxylic acids is 1. The number of aromatic nitrogens is 4. The Hall–Kier alpha value is -3.61. The Morgan fingerprint density at radius 2 is 2.18 bits per heavy atom. The van der Waals surface area contributed by atoms with Gasteiger partial charge in [-0.25, -0.2) is 9.78 Å². The molecule has 33 heavy (non-hydrogen) atoms. The number of rotatable bonds is 5. The molecule has 2 aliphatic rings. The SMILES string of the molecule is Cc1cc(-n2ncc(CCN3CCN[C@H](c4ccc5c(c4C)COC5=O)C3)n2)ncc1C#N. The molecule has 1 aromatic carbocycles. The maximum absolute atomic E-state index is 11.8. The Bertz CT molecular complexity index is 1260. The molecule has 3 aromatic rings. The summed E-state index contributed by atoms with van der Waals surface area (Å²) < 4.78 is 5.20. The van der Waals surface area contributed by atoms with Gasteiger partial charge in [-0.1, -0.05) is 6.07 Å². The summed E-state index contributed by atoms with van der Waals surface area (Å²) in [7, 11) is 0. The van der Waals surface area contributed by atoms with Crippen LogP contribution in [0.1, 0.15) is 49.9 Å². The second-order valence-corrected chi connectivity index (χ2v) is 8.53. The number of nitrogens with zero attached hydrogens (tertiary/aromatic N) is 6. The fraction of sp³-hybridized carbons (Fsp3) is 0.375. The molecule has 0 bridgehead atoms. The third kappa shape index (κ3) is 4.11. The van der Waals surface area contributed by atoms with E-state index in [4.69, 9.17) is 10.00 Å². The largest absolute Gasteiger partial charge is 0.457 e. The van der Waals surface area contributed by atoms with Crippen molar-refractivity contribution in [3.63, 3.8) is 0 Å². The molecular weight excluding hydrogens is 418 g/mol. The van der Waals surface area contributed by atoms with E-state index in [0.29, 0.717) is 23.6 Å². The van der Waals surface area contributed by atoms with Gasteiger partial charge in [-0.3, -0.25) is 4.90 Å². The number of fused-ring (bicyclic) bond motifs is 1. The van der Waals surface area contributed by atoms with Crippen LogP contribution < -0.4 is 5.32 Å². The van der Waals surface area contributed by atoms with E-state index in [1.54, 1.807) is 12.4 Å². The van der Waals surface area contributed by atoms with Crippen LogP contribution in [-0.4, -0.2) is 57.0 Å². The molecule has 1 saturated heterocycles. The number of piperazine rings is 1. The van der Waals surface area contributed by atoms with E-state index in [2.05, 4.69) is 44.5 Å². The predicted octanol–water partition coefficient (Wildman–Crippen LogP) is 2.01. The molecular formula is C24H25N7O2. The number of nitrogens with one attached hydrogen (secondary N) is 1. The minimum absolute atomic E-state index is 0.209. The number of ether oxygens (including phenoxy) is 1. The average molecular weight is 444 g/mol. The lowest BCUT2D eigenvalue weighted by Crippen LogP contribution is -2.46. The summed E-state index contributed by atoms with van der Waals surface area (Å²) in [4.78, 5) is 20.1. The highest BCUT2D eigenvalue weighted by Crippen LogP contribution is 2.30. The number of aryl methyl sites for hydroxylation is 1. The van der Waals surface area contributed by atoms with Crippen LogP contribution in [0.25, 0.3) is 5.82 Å². The maximum atomic E-state index is 11.8. The smallest absolute Gasteiger partial charge is 0.338 e. The minimum atomic E-state index is -0.225. The molecule has 0 aliphatic carbocycles. The van der Waals surface area contributed by atoms with Crippen molar-refractivity contribution in [2.24, 2.45) is 0 Å². The number of hydrogen-bond acceptors (Lipinski definition) is 8. The Kier molecular flexibility index (Phi) is 5.62. The second kappa shape index (κ2) is 8.73. The fourth-order valence-corrected chi connectivity index (χ4v) is 4.53. The van der Waals surface area contributed by atoms with E-state index >= 15 is 0 Å². The van der Waals surface area contributed by atoms with Gasteiger partial charge in [-0.05, 0) is 42.7 Å². The third-order valence-corrected chi connectivity index (χ3v) is 6.49. The molecule has 1 N–H and O–H groups in total. The van der Waals surface area contributed by atoms with Crippen molar-refractivity contribution >= 4 is 5.97 Å². The molecule has 0 spiro atoms. The normalized spacial score (nSPS) is 18.1. The van der Waals surface area contributed by atoms with Crippen LogP contribution in [0.3, 0.4) is 0 Å². The molecule has 2 aromatic heterocycles. The minimum Gasteiger partial charge on any atom is -0.457 e. The van der Waals surface area contributed by atoms with Crippen LogP contribution in [0.15, 0.2) is 30.6 Å². The highest BCUT2D eigenvalue weighted by Gasteiger charge is 2.28. The topological polar surface area (TPSA) is 109 Å². The fourth-order valence-electron chi connectivity index (χ4n) is 4.53. The molecule has 9 nitrogen and oxygen atoms in total. The molecule has 168 valence electrons. The van der Waals surface area contributed by atoms with Gasteiger partial charge in [0.25, 0.3) is 0 Å². The highest BCUT2D eigenvalue weighted by atomic mass is 16.5. The summed E-state index contributed by atoms with van der Waals surface area (Å²) in [6.45, 7) is 7.95. The first-order chi connectivity index (χ1) is 16.0. The first kappa shape index (κ1) is 21.2. The molecule has 4 heterocycles. The van der Waals surface area contributed by atoms with Gasteiger partial charge in [-0.15, -0.1) is 4.80 Å². The van der Waals surface area contributed by atoms with Crippen molar-refractivity contribution in [2.75, 3.05) is 26.2 Å². The van der Waals surface area contributed by atoms with Crippen LogP contribution in [0.5, 0.6) is 0 Å². The van der Waals surface area contributed by atoms with Crippen molar-refractivity contribution in [1.82, 2.24) is 30.2 Å². The van der Waals surface area contributed by atoms with Crippen molar-refractivity contribution in [1.29, 1.82) is 5.26 Å². The number of hydrogen-bond donors (Lipinski definition) is 1. The summed E-state index contributed by atoms with van der Waals surface area (Å²) in [6, 6.07) is 8.10. The number of nitriles is 1. The van der Waals surface area contributed by atoms with Gasteiger partial charge in [-0.2, -0.15) is 15.5 Å². The number of esters is 1. The van der Waals surface area contributed by atoms with E-state index in [1.807, 2.05) is 19.1 Å². The number of carbonyl (C=O) groups is 1. The maximum Gasteiger partial charge on any atom is 0.338 e. The van der Waals surface area contributed by atoms with Crippen molar-refractivity contribution in [3.8, 4) is 11.9 Å². The molecule has 0 radical (unpaired) electrons. The Labute approximate surface area is 192 Å². The monoisotopic (exact) mass is 443 g/mol. The van der Waals surface area contributed by atoms with Crippen LogP contribution in [0, 0.1) is 25.2 Å². The zero-order chi connectivity index (χ0) is 22.9. The summed E-state index contributed by atoms with van der Waals surface area (Å²) in [6.07, 6.45) is 4.11. The van der Waals surface area contributed by atoms with Gasteiger partial charge in [0.1, 0.15) is 12.7 Å². The Morgan fingerprint density at radius 3 is 3.00 bits per heavy atom. The van der Waals surface area contributed by atoms with E-state index in [-0.39, 0.29) is 12.0 Å². The van der Waals surface area contributed by atoms with Gasteiger partial charge in [0, 0.05) is 50.4 Å². The molecule has 9 heteroatoms. The van der Waals surface area contributed by atoms with Gasteiger partial charge >= 0.3 is 5.97 Å². The van der Waals surface area contributed by atoms with Crippen molar-refractivity contribution < 1.29 is 9.53 Å². The standard InChI is InChI=1S/C24H25N7O2/c1-15-9-23(27-11-17(15)10-25)31-28-12-18(29-31)5-7-30-8-6-26-22(13-30)19-3-4-20-21(16(19)2)14-33-24(20)32/h3-4,9,11-12,22,26H,5-8,13-14H2,1-2H3/t22-/m0/s1. The van der Waals surface area contributed by atoms with E-state index in [1.165, 1.54) is 10.4 Å². The van der Waals surface area contributed by atoms with Gasteiger partial charge in [0.15, 0.2) is 5.82 Å². The van der Waals surface area contributed by atoms with E-state index in [0.717, 1.165) is 55.0 Å². The molecule has 1 atom stereocenters. The number of pyridine rings is 1. The lowest BCUT2D eigenvalue weighted by molar-refractivity contribution is 0.0535. The average Bonchev–Trinajstić information content (AvgIpc) is 3.45. The Balaban J connectivity index is 1.23. The number of benzene rings is 1. The number of cyclic esters (lactones) is 1. The molecule has 5 rings (SSSR count). The summed E-state index contributed by atoms with van der Waals surface area (Å²) >= 11 is 0. The molecule has 2 aliphatic heterocycles. The first-order valence-corrected chi connectivity index (χ1v) is 11.1. The zero-order valence-electron chi connectivity index (χ0n) is 18.7. The van der Waals surface area contributed by atoms with Crippen molar-refractivity contribution in [3.05, 3.63) is 69.7 Å². The summed E-state index contributed by atoms with van der Waals surface area (Å²) in [5.41, 5.74) is 6.39. The second-order valence-electron chi connectivity index (χ2n) is 8.53. The molecule has 0 amide bonds. The predicted molar refractivity (Wildman–Crippen MR) is 120 cm³/mol. The molecule has 0 unspecified atom stereocenters. The first-order valence-electron chi connectivity index (χ1n) is 11.1.